The molecule has 1 aromatic rings. The van der Waals surface area contributed by atoms with Gasteiger partial charge < -0.3 is 34.7 Å². The van der Waals surface area contributed by atoms with E-state index < -0.39 is 59.8 Å². The van der Waals surface area contributed by atoms with E-state index in [1.54, 1.807) is 26.8 Å². The van der Waals surface area contributed by atoms with Gasteiger partial charge in [-0.05, 0) is 70.6 Å². The monoisotopic (exact) mass is 749 g/mol. The molecule has 1 fully saturated rings. The number of amides is 2. The number of halogens is 1. The Bertz CT molecular complexity index is 1230. The van der Waals surface area contributed by atoms with E-state index >= 15 is 0 Å². The molecule has 1 heterocycles. The van der Waals surface area contributed by atoms with E-state index in [2.05, 4.69) is 24.5 Å². The lowest BCUT2D eigenvalue weighted by molar-refractivity contribution is -0.184. The Balaban J connectivity index is 2.12. The molecule has 0 aliphatic carbocycles. The number of hydrogen-bond donors (Lipinski definition) is 3. The second-order valence-electron chi connectivity index (χ2n) is 15.2. The molecule has 11 heteroatoms. The van der Waals surface area contributed by atoms with Gasteiger partial charge in [-0.15, -0.1) is 0 Å². The highest BCUT2D eigenvalue weighted by Gasteiger charge is 2.49. The van der Waals surface area contributed by atoms with Crippen LogP contribution in [-0.4, -0.2) is 79.5 Å². The number of rotatable bonds is 27. The van der Waals surface area contributed by atoms with E-state index in [9.17, 15) is 23.9 Å². The average Bonchev–Trinajstić information content (AvgIpc) is 3.59. The van der Waals surface area contributed by atoms with Crippen molar-refractivity contribution in [3.8, 4) is 5.75 Å². The topological polar surface area (TPSA) is 132 Å². The molecule has 1 aliphatic heterocycles. The van der Waals surface area contributed by atoms with Crippen molar-refractivity contribution in [2.45, 2.75) is 160 Å². The second-order valence-corrected chi connectivity index (χ2v) is 15.2. The molecule has 2 amide bonds. The van der Waals surface area contributed by atoms with E-state index in [1.807, 2.05) is 24.3 Å². The lowest BCUT2D eigenvalue weighted by Gasteiger charge is -2.34. The molecule has 0 aromatic heterocycles. The van der Waals surface area contributed by atoms with E-state index in [4.69, 9.17) is 18.9 Å². The van der Waals surface area contributed by atoms with E-state index in [0.717, 1.165) is 63.4 Å². The number of nitrogens with one attached hydrogen (secondary N) is 2. The van der Waals surface area contributed by atoms with Crippen LogP contribution >= 0.6 is 0 Å². The summed E-state index contributed by atoms with van der Waals surface area (Å²) in [4.78, 5) is 40.4. The largest absolute Gasteiger partial charge is 0.494 e. The third-order valence-electron chi connectivity index (χ3n) is 9.52. The molecular weight excluding hydrogens is 679 g/mol. The SMILES string of the molecule is CCCCCCCC1(CCCCCC/C=C/[C@H](C(=O)N[C@@H](Cc2ccc(OCCCC)cc2)C(=O)NC)[C@@](O)(CCF)C(=O)OC(C)(C)C)OCCO1. The maximum absolute atomic E-state index is 14.0. The standard InChI is InChI=1S/C42H69FN2O8/c1-7-9-11-15-18-25-41(51-30-31-52-41)26-19-16-13-12-14-17-20-35(42(49,27-28-43)39(48)53-40(3,4)5)37(46)45-36(38(47)44-6)32-33-21-23-34(24-22-33)50-29-10-8-2/h17,20-24,35-36,49H,7-16,18-19,25-32H2,1-6H3,(H,44,47)(H,45,46)/b20-17+/t35-,36+,42+/m1/s1. The van der Waals surface area contributed by atoms with Crippen molar-refractivity contribution in [3.63, 3.8) is 0 Å². The fourth-order valence-corrected chi connectivity index (χ4v) is 6.45. The predicted molar refractivity (Wildman–Crippen MR) is 206 cm³/mol. The maximum Gasteiger partial charge on any atom is 0.339 e. The minimum Gasteiger partial charge on any atom is -0.494 e. The molecule has 0 spiro atoms. The molecular formula is C42H69FN2O8. The minimum absolute atomic E-state index is 0.140. The Morgan fingerprint density at radius 1 is 0.906 bits per heavy atom. The molecule has 1 aliphatic rings. The smallest absolute Gasteiger partial charge is 0.339 e. The number of ether oxygens (including phenoxy) is 4. The van der Waals surface area contributed by atoms with Gasteiger partial charge in [0.15, 0.2) is 11.4 Å². The van der Waals surface area contributed by atoms with Gasteiger partial charge in [0.05, 0.1) is 32.4 Å². The normalized spacial score (nSPS) is 16.5. The van der Waals surface area contributed by atoms with Gasteiger partial charge >= 0.3 is 5.97 Å². The van der Waals surface area contributed by atoms with Crippen LogP contribution in [0.5, 0.6) is 5.75 Å². The summed E-state index contributed by atoms with van der Waals surface area (Å²) in [6, 6.07) is 6.24. The highest BCUT2D eigenvalue weighted by Crippen LogP contribution is 2.32. The number of likely N-dealkylation sites (N-methyl/N-ethyl adjacent to an activating group) is 1. The van der Waals surface area contributed by atoms with E-state index in [-0.39, 0.29) is 6.42 Å². The highest BCUT2D eigenvalue weighted by molar-refractivity contribution is 5.94. The third-order valence-corrected chi connectivity index (χ3v) is 9.52. The Morgan fingerprint density at radius 3 is 2.08 bits per heavy atom. The lowest BCUT2D eigenvalue weighted by atomic mass is 9.82. The van der Waals surface area contributed by atoms with Crippen molar-refractivity contribution in [2.24, 2.45) is 5.92 Å². The summed E-state index contributed by atoms with van der Waals surface area (Å²) in [6.45, 7) is 10.0. The predicted octanol–water partition coefficient (Wildman–Crippen LogP) is 7.69. The van der Waals surface area contributed by atoms with Gasteiger partial charge in [-0.2, -0.15) is 0 Å². The van der Waals surface area contributed by atoms with Gasteiger partial charge in [-0.1, -0.05) is 83.1 Å². The summed E-state index contributed by atoms with van der Waals surface area (Å²) in [5, 5.41) is 17.0. The molecule has 53 heavy (non-hydrogen) atoms. The summed E-state index contributed by atoms with van der Waals surface area (Å²) >= 11 is 0. The van der Waals surface area contributed by atoms with Crippen molar-refractivity contribution in [1.82, 2.24) is 10.6 Å². The number of carbonyl (C=O) groups is 3. The summed E-state index contributed by atoms with van der Waals surface area (Å²) in [7, 11) is 1.46. The van der Waals surface area contributed by atoms with Crippen molar-refractivity contribution in [2.75, 3.05) is 33.5 Å². The molecule has 0 radical (unpaired) electrons. The fraction of sp³-hybridized carbons (Fsp3) is 0.738. The number of benzene rings is 1. The van der Waals surface area contributed by atoms with Crippen LogP contribution in [0, 0.1) is 5.92 Å². The molecule has 0 bridgehead atoms. The van der Waals surface area contributed by atoms with Gasteiger partial charge in [0.25, 0.3) is 0 Å². The Hall–Kier alpha value is -3.02. The Kier molecular flexibility index (Phi) is 21.2. The summed E-state index contributed by atoms with van der Waals surface area (Å²) in [5.41, 5.74) is -2.73. The molecule has 3 N–H and O–H groups in total. The van der Waals surface area contributed by atoms with Gasteiger partial charge in [0.2, 0.25) is 11.8 Å². The second kappa shape index (κ2) is 24.4. The van der Waals surface area contributed by atoms with Gasteiger partial charge in [-0.3, -0.25) is 14.0 Å². The fourth-order valence-electron chi connectivity index (χ4n) is 6.45. The maximum atomic E-state index is 14.0. The van der Waals surface area contributed by atoms with E-state index in [1.165, 1.54) is 38.8 Å². The summed E-state index contributed by atoms with van der Waals surface area (Å²) in [6.07, 6.45) is 16.7. The zero-order valence-corrected chi connectivity index (χ0v) is 33.4. The zero-order chi connectivity index (χ0) is 39.2. The number of hydrogen-bond acceptors (Lipinski definition) is 8. The summed E-state index contributed by atoms with van der Waals surface area (Å²) < 4.78 is 37.3. The van der Waals surface area contributed by atoms with Crippen LogP contribution in [0.1, 0.15) is 136 Å². The van der Waals surface area contributed by atoms with Crippen LogP contribution in [0.2, 0.25) is 0 Å². The van der Waals surface area contributed by atoms with Crippen molar-refractivity contribution < 1.29 is 42.8 Å². The van der Waals surface area contributed by atoms with Crippen LogP contribution in [0.4, 0.5) is 4.39 Å². The van der Waals surface area contributed by atoms with Gasteiger partial charge in [-0.25, -0.2) is 4.79 Å². The van der Waals surface area contributed by atoms with Gasteiger partial charge in [0.1, 0.15) is 17.4 Å². The number of aliphatic hydroxyl groups is 1. The first-order valence-electron chi connectivity index (χ1n) is 20.0. The highest BCUT2D eigenvalue weighted by atomic mass is 19.1. The number of allylic oxidation sites excluding steroid dienone is 1. The Morgan fingerprint density at radius 2 is 1.51 bits per heavy atom. The number of esters is 1. The molecule has 302 valence electrons. The number of alkyl halides is 1. The van der Waals surface area contributed by atoms with Crippen molar-refractivity contribution >= 4 is 17.8 Å². The molecule has 10 nitrogen and oxygen atoms in total. The first-order valence-corrected chi connectivity index (χ1v) is 20.0. The molecule has 0 unspecified atom stereocenters. The molecule has 3 atom stereocenters. The first kappa shape index (κ1) is 46.1. The summed E-state index contributed by atoms with van der Waals surface area (Å²) in [5.74, 6) is -3.61. The quantitative estimate of drug-likeness (QED) is 0.0474. The number of unbranched alkanes of at least 4 members (excludes halogenated alkanes) is 9. The van der Waals surface area contributed by atoms with Crippen LogP contribution in [-0.2, 0) is 35.0 Å². The molecule has 0 saturated carbocycles. The number of carbonyl (C=O) groups excluding carboxylic acids is 3. The van der Waals surface area contributed by atoms with Crippen molar-refractivity contribution in [3.05, 3.63) is 42.0 Å². The lowest BCUT2D eigenvalue weighted by Crippen LogP contribution is -2.57. The van der Waals surface area contributed by atoms with Crippen LogP contribution in [0.15, 0.2) is 36.4 Å². The zero-order valence-electron chi connectivity index (χ0n) is 33.4. The minimum atomic E-state index is -2.50. The first-order chi connectivity index (χ1) is 25.3. The molecule has 2 rings (SSSR count). The van der Waals surface area contributed by atoms with Crippen LogP contribution in [0.25, 0.3) is 0 Å². The third kappa shape index (κ3) is 16.9. The molecule has 1 saturated heterocycles. The van der Waals surface area contributed by atoms with Crippen LogP contribution < -0.4 is 15.4 Å². The van der Waals surface area contributed by atoms with Gasteiger partial charge in [0, 0.05) is 32.7 Å². The van der Waals surface area contributed by atoms with Crippen molar-refractivity contribution in [1.29, 1.82) is 0 Å². The average molecular weight is 749 g/mol. The molecule has 1 aromatic carbocycles. The van der Waals surface area contributed by atoms with Crippen LogP contribution in [0.3, 0.4) is 0 Å². The Labute approximate surface area is 318 Å². The van der Waals surface area contributed by atoms with E-state index in [0.29, 0.717) is 32.0 Å².